The van der Waals surface area contributed by atoms with Gasteiger partial charge in [-0.25, -0.2) is 9.13 Å². The van der Waals surface area contributed by atoms with Crippen LogP contribution in [0.25, 0.3) is 0 Å². The molecule has 17 nitrogen and oxygen atoms in total. The average molecular weight is 1600 g/mol. The fourth-order valence-corrected chi connectivity index (χ4v) is 11.8. The number of aliphatic hydroxyl groups is 1. The van der Waals surface area contributed by atoms with Crippen molar-refractivity contribution < 1.29 is 80.2 Å². The van der Waals surface area contributed by atoms with Gasteiger partial charge in [-0.1, -0.05) is 305 Å². The minimum atomic E-state index is -5.04. The van der Waals surface area contributed by atoms with Crippen LogP contribution in [0.15, 0.2) is 207 Å². The molecule has 0 aliphatic rings. The standard InChI is InChI=1S/C93H148O17P2/c1-5-9-13-17-21-25-29-33-37-40-43-46-50-54-58-62-66-70-74-78-91(96)104-84-89(110-93(98)80-76-72-68-64-60-56-52-48-45-42-39-35-31-27-23-19-15-11-7-3)86-108-112(101,102)106-82-87(94)81-105-111(99,100)107-85-88(83-103-90(95)77-73-69-65-61-57-53-49-36-32-28-24-20-16-12-8-4)109-92(97)79-75-71-67-63-59-55-51-47-44-41-38-34-30-26-22-18-14-10-6-2/h21-28,33-39,43-49,54-56,58-60,66-68,70-72,87-89,94H,5-20,29-32,40-42,50-53,57,61-65,69,73-86H2,1-4H3,(H,99,100)(H,101,102)/b25-21-,26-22-,27-23-,28-24-,37-33-,38-34-,39-35-,46-43-,47-44-,48-45-,49-36-,58-54-,59-55-,60-56-,70-66-,71-67-,72-68-/t87-,88+,89+/m0/s1. The number of rotatable bonds is 77. The van der Waals surface area contributed by atoms with Gasteiger partial charge in [0.1, 0.15) is 19.3 Å². The predicted molar refractivity (Wildman–Crippen MR) is 463 cm³/mol. The first-order valence-corrected chi connectivity index (χ1v) is 45.3. The zero-order valence-corrected chi connectivity index (χ0v) is 71.0. The van der Waals surface area contributed by atoms with Crippen LogP contribution < -0.4 is 0 Å². The number of esters is 4. The highest BCUT2D eigenvalue weighted by Crippen LogP contribution is 2.45. The summed E-state index contributed by atoms with van der Waals surface area (Å²) in [6.07, 6.45) is 104. The molecule has 0 bridgehead atoms. The molecule has 0 aliphatic carbocycles. The van der Waals surface area contributed by atoms with Gasteiger partial charge in [-0.2, -0.15) is 0 Å². The van der Waals surface area contributed by atoms with Gasteiger partial charge in [-0.15, -0.1) is 0 Å². The first-order chi connectivity index (χ1) is 54.7. The van der Waals surface area contributed by atoms with Gasteiger partial charge in [0.25, 0.3) is 0 Å². The Kier molecular flexibility index (Phi) is 77.9. The number of hydrogen-bond donors (Lipinski definition) is 3. The predicted octanol–water partition coefficient (Wildman–Crippen LogP) is 25.4. The van der Waals surface area contributed by atoms with Crippen molar-refractivity contribution in [2.24, 2.45) is 0 Å². The molecule has 112 heavy (non-hydrogen) atoms. The Hall–Kier alpha value is -6.36. The zero-order valence-electron chi connectivity index (χ0n) is 69.3. The molecule has 0 amide bonds. The molecule has 0 aromatic heterocycles. The molecular formula is C93H148O17P2. The SMILES string of the molecule is CCCCC/C=C\C/C=C\C/C=C\C/C=C\C/C=C\CCC(=O)OC[C@H](COP(=O)(O)OC[C@@H](O)COP(=O)(O)OC[C@@H](COC(=O)CCCCCCC/C=C\C/C=C\CCCCC)OC(=O)CC/C=C\C/C=C\C/C=C\C/C=C\C/C=C\CCCCC)OC(=O)CC/C=C\C/C=C\C/C=C\C/C=C\C/C=C\CCCCC. The first-order valence-electron chi connectivity index (χ1n) is 42.3. The second-order valence-electron chi connectivity index (χ2n) is 27.3. The summed E-state index contributed by atoms with van der Waals surface area (Å²) in [7, 11) is -10.1. The van der Waals surface area contributed by atoms with E-state index in [1.807, 2.05) is 54.7 Å². The van der Waals surface area contributed by atoms with Crippen LogP contribution in [0, 0.1) is 0 Å². The molecule has 5 atom stereocenters. The highest BCUT2D eigenvalue weighted by molar-refractivity contribution is 7.47. The maximum Gasteiger partial charge on any atom is 0.472 e. The van der Waals surface area contributed by atoms with Crippen LogP contribution >= 0.6 is 15.6 Å². The van der Waals surface area contributed by atoms with Gasteiger partial charge in [0.05, 0.1) is 26.4 Å². The average Bonchev–Trinajstić information content (AvgIpc) is 0.908. The van der Waals surface area contributed by atoms with Crippen LogP contribution in [0.1, 0.15) is 297 Å². The lowest BCUT2D eigenvalue weighted by atomic mass is 10.1. The third-order valence-corrected chi connectivity index (χ3v) is 18.6. The van der Waals surface area contributed by atoms with E-state index >= 15 is 0 Å². The van der Waals surface area contributed by atoms with E-state index in [4.69, 9.17) is 37.0 Å². The smallest absolute Gasteiger partial charge is 0.462 e. The van der Waals surface area contributed by atoms with Crippen molar-refractivity contribution >= 4 is 39.5 Å². The van der Waals surface area contributed by atoms with Gasteiger partial charge in [0.15, 0.2) is 12.2 Å². The van der Waals surface area contributed by atoms with E-state index in [0.717, 1.165) is 122 Å². The number of unbranched alkanes of at least 4 members (excludes halogenated alkanes) is 17. The van der Waals surface area contributed by atoms with Crippen molar-refractivity contribution in [3.63, 3.8) is 0 Å². The highest BCUT2D eigenvalue weighted by atomic mass is 31.2. The van der Waals surface area contributed by atoms with Gasteiger partial charge < -0.3 is 33.8 Å². The third kappa shape index (κ3) is 81.6. The van der Waals surface area contributed by atoms with E-state index < -0.39 is 97.5 Å². The minimum absolute atomic E-state index is 0.0120. The number of phosphoric acid groups is 2. The van der Waals surface area contributed by atoms with Crippen LogP contribution in [0.5, 0.6) is 0 Å². The second-order valence-corrected chi connectivity index (χ2v) is 30.3. The molecular weight excluding hydrogens is 1450 g/mol. The maximum atomic E-state index is 13.1. The second kappa shape index (κ2) is 82.6. The van der Waals surface area contributed by atoms with E-state index in [2.05, 4.69) is 180 Å². The number of ether oxygens (including phenoxy) is 4. The first kappa shape index (κ1) is 106. The summed E-state index contributed by atoms with van der Waals surface area (Å²) in [6, 6.07) is 0. The molecule has 19 heteroatoms. The van der Waals surface area contributed by atoms with Crippen molar-refractivity contribution in [3.8, 4) is 0 Å². The molecule has 0 saturated heterocycles. The van der Waals surface area contributed by atoms with Crippen molar-refractivity contribution in [2.45, 2.75) is 316 Å². The summed E-state index contributed by atoms with van der Waals surface area (Å²) in [4.78, 5) is 73.1. The van der Waals surface area contributed by atoms with Crippen molar-refractivity contribution in [3.05, 3.63) is 207 Å². The summed E-state index contributed by atoms with van der Waals surface area (Å²) in [5.74, 6) is -2.50. The van der Waals surface area contributed by atoms with Crippen molar-refractivity contribution in [2.75, 3.05) is 39.6 Å². The summed E-state index contributed by atoms with van der Waals surface area (Å²) >= 11 is 0. The Bertz CT molecular complexity index is 2940. The molecule has 0 radical (unpaired) electrons. The molecule has 2 unspecified atom stereocenters. The van der Waals surface area contributed by atoms with Crippen LogP contribution in [-0.2, 0) is 65.4 Å². The van der Waals surface area contributed by atoms with E-state index in [-0.39, 0.29) is 25.7 Å². The molecule has 0 spiro atoms. The van der Waals surface area contributed by atoms with Crippen LogP contribution in [-0.4, -0.2) is 96.7 Å². The monoisotopic (exact) mass is 1600 g/mol. The lowest BCUT2D eigenvalue weighted by Crippen LogP contribution is -2.30. The van der Waals surface area contributed by atoms with Crippen molar-refractivity contribution in [1.29, 1.82) is 0 Å². The molecule has 3 N–H and O–H groups in total. The van der Waals surface area contributed by atoms with E-state index in [1.54, 1.807) is 0 Å². The third-order valence-electron chi connectivity index (χ3n) is 16.7. The Morgan fingerprint density at radius 1 is 0.250 bits per heavy atom. The van der Waals surface area contributed by atoms with Crippen LogP contribution in [0.4, 0.5) is 0 Å². The Balaban J connectivity index is 5.62. The normalized spacial score (nSPS) is 14.8. The van der Waals surface area contributed by atoms with Crippen molar-refractivity contribution in [1.82, 2.24) is 0 Å². The lowest BCUT2D eigenvalue weighted by molar-refractivity contribution is -0.161. The highest BCUT2D eigenvalue weighted by Gasteiger charge is 2.30. The van der Waals surface area contributed by atoms with Gasteiger partial charge in [0.2, 0.25) is 0 Å². The fourth-order valence-electron chi connectivity index (χ4n) is 10.3. The Labute approximate surface area is 678 Å². The summed E-state index contributed by atoms with van der Waals surface area (Å²) in [5.41, 5.74) is 0. The number of carbonyl (C=O) groups excluding carboxylic acids is 4. The fraction of sp³-hybridized carbons (Fsp3) is 0.591. The molecule has 0 aromatic carbocycles. The molecule has 632 valence electrons. The lowest BCUT2D eigenvalue weighted by Gasteiger charge is -2.21. The summed E-state index contributed by atoms with van der Waals surface area (Å²) in [5, 5.41) is 10.7. The van der Waals surface area contributed by atoms with E-state index in [1.165, 1.54) is 77.0 Å². The quantitative estimate of drug-likeness (QED) is 0.0169. The molecule has 0 fully saturated rings. The Morgan fingerprint density at radius 2 is 0.455 bits per heavy atom. The Morgan fingerprint density at radius 3 is 0.723 bits per heavy atom. The number of allylic oxidation sites excluding steroid dienone is 34. The summed E-state index contributed by atoms with van der Waals surface area (Å²) < 4.78 is 68.5. The number of aliphatic hydroxyl groups excluding tert-OH is 1. The number of phosphoric ester groups is 2. The topological polar surface area (TPSA) is 237 Å². The number of carbonyl (C=O) groups is 4. The van der Waals surface area contributed by atoms with E-state index in [9.17, 15) is 43.2 Å². The van der Waals surface area contributed by atoms with Gasteiger partial charge >= 0.3 is 39.5 Å². The molecule has 0 aromatic rings. The van der Waals surface area contributed by atoms with Gasteiger partial charge in [-0.3, -0.25) is 37.3 Å². The summed E-state index contributed by atoms with van der Waals surface area (Å²) in [6.45, 7) is 4.47. The molecule has 0 aliphatic heterocycles. The van der Waals surface area contributed by atoms with Crippen LogP contribution in [0.2, 0.25) is 0 Å². The van der Waals surface area contributed by atoms with Gasteiger partial charge in [-0.05, 0) is 173 Å². The number of hydrogen-bond acceptors (Lipinski definition) is 15. The maximum absolute atomic E-state index is 13.1. The zero-order chi connectivity index (χ0) is 81.7. The molecule has 0 rings (SSSR count). The largest absolute Gasteiger partial charge is 0.472 e. The van der Waals surface area contributed by atoms with Gasteiger partial charge in [0, 0.05) is 25.7 Å². The molecule has 0 saturated carbocycles. The van der Waals surface area contributed by atoms with E-state index in [0.29, 0.717) is 44.9 Å². The van der Waals surface area contributed by atoms with Crippen LogP contribution in [0.3, 0.4) is 0 Å². The minimum Gasteiger partial charge on any atom is -0.462 e. The molecule has 0 heterocycles.